The average molecular weight is 430 g/mol. The molecule has 0 saturated heterocycles. The van der Waals surface area contributed by atoms with E-state index in [9.17, 15) is 13.6 Å². The molecule has 0 spiro atoms. The molecule has 3 nitrogen and oxygen atoms in total. The zero-order chi connectivity index (χ0) is 15.5. The number of halogens is 4. The topological polar surface area (TPSA) is 38.3 Å². The maximum Gasteiger partial charge on any atom is 0.258 e. The van der Waals surface area contributed by atoms with Crippen LogP contribution in [0.25, 0.3) is 0 Å². The average Bonchev–Trinajstić information content (AvgIpc) is 2.42. The zero-order valence-electron chi connectivity index (χ0n) is 11.2. The van der Waals surface area contributed by atoms with Crippen LogP contribution in [0.3, 0.4) is 0 Å². The summed E-state index contributed by atoms with van der Waals surface area (Å²) in [4.78, 5) is 11.8. The van der Waals surface area contributed by atoms with Gasteiger partial charge in [0, 0.05) is 23.9 Å². The Bertz CT molecular complexity index is 518. The number of nitrogens with one attached hydrogen (secondary N) is 1. The van der Waals surface area contributed by atoms with Gasteiger partial charge in [0.05, 0.1) is 3.57 Å². The zero-order valence-corrected chi connectivity index (χ0v) is 14.1. The van der Waals surface area contributed by atoms with Gasteiger partial charge in [-0.2, -0.15) is 0 Å². The monoisotopic (exact) mass is 429 g/mol. The highest BCUT2D eigenvalue weighted by molar-refractivity contribution is 14.1. The van der Waals surface area contributed by atoms with Crippen LogP contribution in [0.5, 0.6) is 5.75 Å². The van der Waals surface area contributed by atoms with Crippen molar-refractivity contribution in [2.75, 3.05) is 6.61 Å². The Hall–Kier alpha value is -0.630. The Balaban J connectivity index is 1.79. The van der Waals surface area contributed by atoms with Gasteiger partial charge in [0.1, 0.15) is 5.75 Å². The van der Waals surface area contributed by atoms with Crippen molar-refractivity contribution < 1.29 is 18.3 Å². The van der Waals surface area contributed by atoms with Gasteiger partial charge in [-0.3, -0.25) is 4.79 Å². The fourth-order valence-electron chi connectivity index (χ4n) is 2.18. The fraction of sp³-hybridized carbons (Fsp3) is 0.500. The van der Waals surface area contributed by atoms with Gasteiger partial charge in [-0.05, 0) is 53.6 Å². The van der Waals surface area contributed by atoms with E-state index in [1.165, 1.54) is 0 Å². The first-order valence-corrected chi connectivity index (χ1v) is 8.06. The number of benzene rings is 1. The summed E-state index contributed by atoms with van der Waals surface area (Å²) in [6.45, 7) is -0.150. The molecule has 1 amide bonds. The summed E-state index contributed by atoms with van der Waals surface area (Å²) >= 11 is 7.94. The minimum Gasteiger partial charge on any atom is -0.483 e. The van der Waals surface area contributed by atoms with Crippen molar-refractivity contribution in [1.29, 1.82) is 0 Å². The van der Waals surface area contributed by atoms with Gasteiger partial charge in [0.25, 0.3) is 5.91 Å². The third kappa shape index (κ3) is 5.25. The molecule has 0 heterocycles. The molecular formula is C14H15ClF2INO2. The summed E-state index contributed by atoms with van der Waals surface area (Å²) in [5, 5.41) is 3.26. The molecule has 116 valence electrons. The summed E-state index contributed by atoms with van der Waals surface area (Å²) in [6, 6.07) is 4.97. The summed E-state index contributed by atoms with van der Waals surface area (Å²) in [5.41, 5.74) is 0. The molecule has 0 radical (unpaired) electrons. The van der Waals surface area contributed by atoms with E-state index in [0.717, 1.165) is 3.57 Å². The van der Waals surface area contributed by atoms with E-state index in [4.69, 9.17) is 16.3 Å². The van der Waals surface area contributed by atoms with Crippen LogP contribution in [0.1, 0.15) is 25.7 Å². The molecule has 1 aliphatic rings. The predicted molar refractivity (Wildman–Crippen MR) is 85.0 cm³/mol. The quantitative estimate of drug-likeness (QED) is 0.734. The Labute approximate surface area is 140 Å². The van der Waals surface area contributed by atoms with Gasteiger partial charge < -0.3 is 10.1 Å². The second-order valence-electron chi connectivity index (χ2n) is 5.06. The Morgan fingerprint density at radius 3 is 2.76 bits per heavy atom. The van der Waals surface area contributed by atoms with E-state index < -0.39 is 5.92 Å². The van der Waals surface area contributed by atoms with E-state index in [-0.39, 0.29) is 31.4 Å². The van der Waals surface area contributed by atoms with Crippen molar-refractivity contribution in [1.82, 2.24) is 5.32 Å². The number of carbonyl (C=O) groups excluding carboxylic acids is 1. The highest BCUT2D eigenvalue weighted by Crippen LogP contribution is 2.33. The normalized spacial score (nSPS) is 18.3. The Kier molecular flexibility index (Phi) is 5.65. The van der Waals surface area contributed by atoms with E-state index in [1.54, 1.807) is 18.2 Å². The van der Waals surface area contributed by atoms with Gasteiger partial charge in [0.15, 0.2) is 6.61 Å². The Morgan fingerprint density at radius 1 is 1.43 bits per heavy atom. The van der Waals surface area contributed by atoms with E-state index in [1.807, 2.05) is 0 Å². The molecule has 0 aliphatic heterocycles. The van der Waals surface area contributed by atoms with Crippen LogP contribution >= 0.6 is 34.2 Å². The molecule has 1 aliphatic carbocycles. The lowest BCUT2D eigenvalue weighted by atomic mass is 9.92. The number of amides is 1. The van der Waals surface area contributed by atoms with Crippen LogP contribution in [0.4, 0.5) is 8.78 Å². The first-order valence-electron chi connectivity index (χ1n) is 6.61. The molecule has 1 aromatic rings. The van der Waals surface area contributed by atoms with Crippen LogP contribution in [0.15, 0.2) is 18.2 Å². The van der Waals surface area contributed by atoms with Crippen molar-refractivity contribution in [2.24, 2.45) is 0 Å². The lowest BCUT2D eigenvalue weighted by Crippen LogP contribution is -2.42. The van der Waals surface area contributed by atoms with Gasteiger partial charge in [0.2, 0.25) is 5.92 Å². The van der Waals surface area contributed by atoms with Gasteiger partial charge >= 0.3 is 0 Å². The number of hydrogen-bond acceptors (Lipinski definition) is 2. The maximum atomic E-state index is 13.0. The minimum absolute atomic E-state index is 0.150. The number of rotatable bonds is 4. The highest BCUT2D eigenvalue weighted by Gasteiger charge is 2.35. The molecule has 21 heavy (non-hydrogen) atoms. The second-order valence-corrected chi connectivity index (χ2v) is 6.66. The smallest absolute Gasteiger partial charge is 0.258 e. The minimum atomic E-state index is -2.59. The summed E-state index contributed by atoms with van der Waals surface area (Å²) in [6.07, 6.45) is 0.247. The van der Waals surface area contributed by atoms with Gasteiger partial charge in [-0.1, -0.05) is 11.6 Å². The lowest BCUT2D eigenvalue weighted by Gasteiger charge is -2.28. The molecule has 0 unspecified atom stereocenters. The molecule has 0 atom stereocenters. The summed E-state index contributed by atoms with van der Waals surface area (Å²) in [7, 11) is 0. The number of hydrogen-bond donors (Lipinski definition) is 1. The molecule has 1 aromatic carbocycles. The van der Waals surface area contributed by atoms with Crippen molar-refractivity contribution in [3.05, 3.63) is 26.8 Å². The van der Waals surface area contributed by atoms with Crippen LogP contribution < -0.4 is 10.1 Å². The van der Waals surface area contributed by atoms with Crippen molar-refractivity contribution in [3.63, 3.8) is 0 Å². The Morgan fingerprint density at radius 2 is 2.10 bits per heavy atom. The van der Waals surface area contributed by atoms with Crippen LogP contribution in [-0.2, 0) is 4.79 Å². The van der Waals surface area contributed by atoms with E-state index >= 15 is 0 Å². The van der Waals surface area contributed by atoms with Crippen LogP contribution in [-0.4, -0.2) is 24.5 Å². The maximum absolute atomic E-state index is 13.0. The molecule has 2 rings (SSSR count). The number of alkyl halides is 2. The van der Waals surface area contributed by atoms with Gasteiger partial charge in [-0.15, -0.1) is 0 Å². The SMILES string of the molecule is O=C(COc1cc(Cl)ccc1I)NC1CCC(F)(F)CC1. The lowest BCUT2D eigenvalue weighted by molar-refractivity contribution is -0.125. The van der Waals surface area contributed by atoms with Gasteiger partial charge in [-0.25, -0.2) is 8.78 Å². The van der Waals surface area contributed by atoms with Crippen LogP contribution in [0, 0.1) is 3.57 Å². The summed E-state index contributed by atoms with van der Waals surface area (Å²) < 4.78 is 32.3. The molecule has 1 N–H and O–H groups in total. The number of carbonyl (C=O) groups is 1. The predicted octanol–water partition coefficient (Wildman–Crippen LogP) is 4.02. The molecule has 1 saturated carbocycles. The van der Waals surface area contributed by atoms with E-state index in [0.29, 0.717) is 23.6 Å². The molecule has 0 bridgehead atoms. The molecular weight excluding hydrogens is 415 g/mol. The van der Waals surface area contributed by atoms with Crippen LogP contribution in [0.2, 0.25) is 5.02 Å². The molecule has 7 heteroatoms. The second kappa shape index (κ2) is 7.09. The largest absolute Gasteiger partial charge is 0.483 e. The third-order valence-corrected chi connectivity index (χ3v) is 4.46. The molecule has 0 aromatic heterocycles. The molecule has 1 fully saturated rings. The third-order valence-electron chi connectivity index (χ3n) is 3.33. The number of ether oxygens (including phenoxy) is 1. The summed E-state index contributed by atoms with van der Waals surface area (Å²) in [5.74, 6) is -2.36. The first kappa shape index (κ1) is 16.7. The van der Waals surface area contributed by atoms with Crippen molar-refractivity contribution in [2.45, 2.75) is 37.6 Å². The van der Waals surface area contributed by atoms with Crippen molar-refractivity contribution in [3.8, 4) is 5.75 Å². The standard InChI is InChI=1S/C14H15ClF2INO2/c15-9-1-2-11(18)12(7-9)21-8-13(20)19-10-3-5-14(16,17)6-4-10/h1-2,7,10H,3-6,8H2,(H,19,20). The fourth-order valence-corrected chi connectivity index (χ4v) is 2.84. The first-order chi connectivity index (χ1) is 9.85. The highest BCUT2D eigenvalue weighted by atomic mass is 127. The van der Waals surface area contributed by atoms with E-state index in [2.05, 4.69) is 27.9 Å². The van der Waals surface area contributed by atoms with Crippen molar-refractivity contribution >= 4 is 40.1 Å².